The Balaban J connectivity index is 2.28. The minimum atomic E-state index is -0.167. The van der Waals surface area contributed by atoms with Crippen LogP contribution >= 0.6 is 0 Å². The number of hydrogen-bond acceptors (Lipinski definition) is 3. The van der Waals surface area contributed by atoms with Gasteiger partial charge >= 0.3 is 0 Å². The van der Waals surface area contributed by atoms with Gasteiger partial charge in [0, 0.05) is 5.54 Å². The predicted octanol–water partition coefficient (Wildman–Crippen LogP) is 2.82. The molecule has 1 aromatic carbocycles. The quantitative estimate of drug-likeness (QED) is 0.710. The average molecular weight is 265 g/mol. The van der Waals surface area contributed by atoms with E-state index in [1.54, 1.807) is 0 Å². The molecule has 1 rings (SSSR count). The molecule has 0 spiro atoms. The van der Waals surface area contributed by atoms with Crippen LogP contribution in [0.2, 0.25) is 0 Å². The van der Waals surface area contributed by atoms with Crippen LogP contribution in [0.1, 0.15) is 37.3 Å². The normalized spacial score (nSPS) is 14.2. The van der Waals surface area contributed by atoms with Crippen molar-refractivity contribution in [2.45, 2.75) is 45.6 Å². The van der Waals surface area contributed by atoms with Crippen molar-refractivity contribution in [1.82, 2.24) is 5.32 Å². The summed E-state index contributed by atoms with van der Waals surface area (Å²) < 4.78 is 5.79. The number of nitrogens with one attached hydrogen (secondary N) is 1. The number of unbranched alkanes of at least 4 members (excludes halogenated alkanes) is 1. The summed E-state index contributed by atoms with van der Waals surface area (Å²) in [5.74, 6) is 0.976. The lowest BCUT2D eigenvalue weighted by molar-refractivity contribution is 0.168. The number of likely N-dealkylation sites (N-methyl/N-ethyl adjacent to an activating group) is 1. The molecule has 1 unspecified atom stereocenters. The van der Waals surface area contributed by atoms with Crippen molar-refractivity contribution in [1.29, 1.82) is 0 Å². The zero-order valence-electron chi connectivity index (χ0n) is 12.6. The summed E-state index contributed by atoms with van der Waals surface area (Å²) in [7, 11) is 1.89. The van der Waals surface area contributed by atoms with Gasteiger partial charge in [0.15, 0.2) is 0 Å². The Morgan fingerprint density at radius 1 is 1.26 bits per heavy atom. The van der Waals surface area contributed by atoms with Crippen LogP contribution in [0.4, 0.5) is 0 Å². The number of aliphatic hydroxyl groups excluding tert-OH is 1. The third-order valence-corrected chi connectivity index (χ3v) is 3.66. The van der Waals surface area contributed by atoms with Gasteiger partial charge in [-0.05, 0) is 58.7 Å². The van der Waals surface area contributed by atoms with Gasteiger partial charge in [0.05, 0.1) is 13.2 Å². The molecule has 1 aromatic rings. The number of ether oxygens (including phenoxy) is 1. The van der Waals surface area contributed by atoms with Crippen molar-refractivity contribution < 1.29 is 9.84 Å². The Morgan fingerprint density at radius 3 is 2.58 bits per heavy atom. The molecule has 1 atom stereocenters. The first kappa shape index (κ1) is 16.0. The Morgan fingerprint density at radius 2 is 2.00 bits per heavy atom. The van der Waals surface area contributed by atoms with Gasteiger partial charge < -0.3 is 15.2 Å². The van der Waals surface area contributed by atoms with E-state index in [1.807, 2.05) is 20.0 Å². The molecule has 0 fully saturated rings. The Labute approximate surface area is 117 Å². The molecule has 0 aliphatic carbocycles. The summed E-state index contributed by atoms with van der Waals surface area (Å²) in [5.41, 5.74) is 2.28. The molecule has 0 aliphatic rings. The van der Waals surface area contributed by atoms with Crippen LogP contribution in [0, 0.1) is 13.8 Å². The van der Waals surface area contributed by atoms with Crippen molar-refractivity contribution in [2.75, 3.05) is 20.3 Å². The molecule has 0 heterocycles. The van der Waals surface area contributed by atoms with Crippen LogP contribution in [0.5, 0.6) is 5.75 Å². The van der Waals surface area contributed by atoms with Gasteiger partial charge in [-0.25, -0.2) is 0 Å². The fourth-order valence-electron chi connectivity index (χ4n) is 2.04. The number of aryl methyl sites for hydroxylation is 2. The van der Waals surface area contributed by atoms with E-state index < -0.39 is 0 Å². The summed E-state index contributed by atoms with van der Waals surface area (Å²) in [4.78, 5) is 0. The van der Waals surface area contributed by atoms with E-state index in [0.717, 1.165) is 31.6 Å². The molecule has 0 aliphatic heterocycles. The topological polar surface area (TPSA) is 41.5 Å². The molecule has 0 saturated carbocycles. The van der Waals surface area contributed by atoms with E-state index in [0.29, 0.717) is 0 Å². The summed E-state index contributed by atoms with van der Waals surface area (Å²) in [6.07, 6.45) is 3.00. The molecule has 108 valence electrons. The second-order valence-electron chi connectivity index (χ2n) is 5.54. The lowest BCUT2D eigenvalue weighted by atomic mass is 9.96. The maximum absolute atomic E-state index is 9.29. The molecule has 3 heteroatoms. The first-order valence-electron chi connectivity index (χ1n) is 7.00. The molecule has 0 saturated heterocycles. The van der Waals surface area contributed by atoms with Crippen LogP contribution in [0.3, 0.4) is 0 Å². The maximum Gasteiger partial charge on any atom is 0.122 e. The smallest absolute Gasteiger partial charge is 0.122 e. The van der Waals surface area contributed by atoms with Crippen molar-refractivity contribution >= 4 is 0 Å². The molecule has 0 bridgehead atoms. The second-order valence-corrected chi connectivity index (χ2v) is 5.54. The maximum atomic E-state index is 9.29. The summed E-state index contributed by atoms with van der Waals surface area (Å²) in [6, 6.07) is 6.25. The summed E-state index contributed by atoms with van der Waals surface area (Å²) >= 11 is 0. The Hall–Kier alpha value is -1.06. The van der Waals surface area contributed by atoms with E-state index in [9.17, 15) is 5.11 Å². The third-order valence-electron chi connectivity index (χ3n) is 3.66. The highest BCUT2D eigenvalue weighted by atomic mass is 16.5. The van der Waals surface area contributed by atoms with Gasteiger partial charge in [-0.15, -0.1) is 0 Å². The van der Waals surface area contributed by atoms with Crippen molar-refractivity contribution in [3.8, 4) is 5.75 Å². The standard InChI is InChI=1S/C16H27NO2/c1-13-7-8-15(14(2)11-13)19-10-6-5-9-16(3,12-18)17-4/h7-8,11,17-18H,5-6,9-10,12H2,1-4H3. The highest BCUT2D eigenvalue weighted by Crippen LogP contribution is 2.19. The number of rotatable bonds is 8. The molecular weight excluding hydrogens is 238 g/mol. The van der Waals surface area contributed by atoms with Gasteiger partial charge in [0.1, 0.15) is 5.75 Å². The Kier molecular flexibility index (Phi) is 6.32. The SMILES string of the molecule is CNC(C)(CO)CCCCOc1ccc(C)cc1C. The first-order valence-corrected chi connectivity index (χ1v) is 7.00. The van der Waals surface area contributed by atoms with Crippen molar-refractivity contribution in [3.05, 3.63) is 29.3 Å². The lowest BCUT2D eigenvalue weighted by Crippen LogP contribution is -2.43. The largest absolute Gasteiger partial charge is 0.493 e. The van der Waals surface area contributed by atoms with E-state index >= 15 is 0 Å². The number of benzene rings is 1. The molecule has 19 heavy (non-hydrogen) atoms. The minimum Gasteiger partial charge on any atom is -0.493 e. The summed E-state index contributed by atoms with van der Waals surface area (Å²) in [6.45, 7) is 7.10. The summed E-state index contributed by atoms with van der Waals surface area (Å²) in [5, 5.41) is 12.4. The lowest BCUT2D eigenvalue weighted by Gasteiger charge is -2.26. The third kappa shape index (κ3) is 5.21. The van der Waals surface area contributed by atoms with Gasteiger partial charge in [-0.1, -0.05) is 17.7 Å². The number of hydrogen-bond donors (Lipinski definition) is 2. The van der Waals surface area contributed by atoms with Crippen molar-refractivity contribution in [3.63, 3.8) is 0 Å². The molecule has 0 aromatic heterocycles. The van der Waals surface area contributed by atoms with Crippen molar-refractivity contribution in [2.24, 2.45) is 0 Å². The molecule has 2 N–H and O–H groups in total. The highest BCUT2D eigenvalue weighted by Gasteiger charge is 2.19. The fraction of sp³-hybridized carbons (Fsp3) is 0.625. The number of aliphatic hydroxyl groups is 1. The van der Waals surface area contributed by atoms with Gasteiger partial charge in [0.25, 0.3) is 0 Å². The molecule has 0 radical (unpaired) electrons. The molecule has 0 amide bonds. The zero-order valence-corrected chi connectivity index (χ0v) is 12.6. The zero-order chi connectivity index (χ0) is 14.3. The highest BCUT2D eigenvalue weighted by molar-refractivity contribution is 5.35. The van der Waals surface area contributed by atoms with Gasteiger partial charge in [0.2, 0.25) is 0 Å². The van der Waals surface area contributed by atoms with E-state index in [2.05, 4.69) is 31.3 Å². The van der Waals surface area contributed by atoms with Crippen LogP contribution in [0.15, 0.2) is 18.2 Å². The predicted molar refractivity (Wildman–Crippen MR) is 79.8 cm³/mol. The van der Waals surface area contributed by atoms with Crippen LogP contribution in [-0.2, 0) is 0 Å². The monoisotopic (exact) mass is 265 g/mol. The Bertz CT molecular complexity index is 386. The van der Waals surface area contributed by atoms with E-state index in [-0.39, 0.29) is 12.1 Å². The first-order chi connectivity index (χ1) is 9.00. The van der Waals surface area contributed by atoms with E-state index in [1.165, 1.54) is 11.1 Å². The van der Waals surface area contributed by atoms with Crippen LogP contribution in [-0.4, -0.2) is 30.9 Å². The fourth-order valence-corrected chi connectivity index (χ4v) is 2.04. The van der Waals surface area contributed by atoms with Gasteiger partial charge in [-0.2, -0.15) is 0 Å². The van der Waals surface area contributed by atoms with Crippen LogP contribution in [0.25, 0.3) is 0 Å². The van der Waals surface area contributed by atoms with Crippen LogP contribution < -0.4 is 10.1 Å². The molecule has 3 nitrogen and oxygen atoms in total. The van der Waals surface area contributed by atoms with E-state index in [4.69, 9.17) is 4.74 Å². The average Bonchev–Trinajstić information content (AvgIpc) is 2.40. The minimum absolute atomic E-state index is 0.167. The molecular formula is C16H27NO2. The van der Waals surface area contributed by atoms with Gasteiger partial charge in [-0.3, -0.25) is 0 Å². The second kappa shape index (κ2) is 7.51.